The van der Waals surface area contributed by atoms with Crippen LogP contribution >= 0.6 is 12.6 Å². The minimum atomic E-state index is -0.358. The first-order chi connectivity index (χ1) is 4.30. The second-order valence-corrected chi connectivity index (χ2v) is 1.90. The second-order valence-electron chi connectivity index (χ2n) is 1.53. The maximum absolute atomic E-state index is 10.4. The van der Waals surface area contributed by atoms with Crippen LogP contribution in [0.5, 0.6) is 0 Å². The fourth-order valence-electron chi connectivity index (χ4n) is 0.484. The maximum atomic E-state index is 10.4. The van der Waals surface area contributed by atoms with Gasteiger partial charge >= 0.3 is 0 Å². The summed E-state index contributed by atoms with van der Waals surface area (Å²) in [5.74, 6) is 0. The van der Waals surface area contributed by atoms with E-state index in [0.717, 1.165) is 0 Å². The van der Waals surface area contributed by atoms with E-state index in [1.165, 1.54) is 6.20 Å². The summed E-state index contributed by atoms with van der Waals surface area (Å²) in [5.41, 5.74) is 0.479. The molecule has 0 spiro atoms. The van der Waals surface area contributed by atoms with Crippen LogP contribution in [0.25, 0.3) is 0 Å². The quantitative estimate of drug-likeness (QED) is 0.587. The number of carbonyl (C=O) groups is 1. The SMILES string of the molecule is O=C([S])c1cccnc1. The Hall–Kier alpha value is -0.960. The summed E-state index contributed by atoms with van der Waals surface area (Å²) < 4.78 is 0. The van der Waals surface area contributed by atoms with E-state index in [1.54, 1.807) is 18.3 Å². The fourth-order valence-corrected chi connectivity index (χ4v) is 0.604. The highest BCUT2D eigenvalue weighted by molar-refractivity contribution is 7.97. The van der Waals surface area contributed by atoms with Gasteiger partial charge in [0.25, 0.3) is 5.12 Å². The smallest absolute Gasteiger partial charge is 0.250 e. The van der Waals surface area contributed by atoms with Gasteiger partial charge in [-0.05, 0) is 24.8 Å². The van der Waals surface area contributed by atoms with Gasteiger partial charge in [-0.2, -0.15) is 0 Å². The summed E-state index contributed by atoms with van der Waals surface area (Å²) in [6, 6.07) is 3.32. The largest absolute Gasteiger partial charge is 0.276 e. The van der Waals surface area contributed by atoms with Gasteiger partial charge in [-0.3, -0.25) is 9.78 Å². The Bertz CT molecular complexity index is 210. The van der Waals surface area contributed by atoms with Gasteiger partial charge < -0.3 is 0 Å². The van der Waals surface area contributed by atoms with Crippen molar-refractivity contribution in [3.05, 3.63) is 30.1 Å². The number of hydrogen-bond donors (Lipinski definition) is 0. The van der Waals surface area contributed by atoms with Gasteiger partial charge in [0.05, 0.1) is 5.56 Å². The van der Waals surface area contributed by atoms with Crippen molar-refractivity contribution in [3.63, 3.8) is 0 Å². The molecule has 1 heterocycles. The number of hydrogen-bond acceptors (Lipinski definition) is 2. The second kappa shape index (κ2) is 2.55. The Labute approximate surface area is 58.3 Å². The monoisotopic (exact) mass is 138 g/mol. The van der Waals surface area contributed by atoms with Crippen molar-refractivity contribution >= 4 is 17.7 Å². The van der Waals surface area contributed by atoms with Gasteiger partial charge in [-0.25, -0.2) is 0 Å². The van der Waals surface area contributed by atoms with Crippen LogP contribution in [-0.2, 0) is 0 Å². The summed E-state index contributed by atoms with van der Waals surface area (Å²) in [5, 5.41) is -0.358. The van der Waals surface area contributed by atoms with Crippen molar-refractivity contribution in [1.29, 1.82) is 0 Å². The summed E-state index contributed by atoms with van der Waals surface area (Å²) in [6.45, 7) is 0. The van der Waals surface area contributed by atoms with E-state index in [1.807, 2.05) is 0 Å². The molecule has 0 saturated heterocycles. The lowest BCUT2D eigenvalue weighted by atomic mass is 10.3. The third-order valence-corrected chi connectivity index (χ3v) is 1.13. The minimum Gasteiger partial charge on any atom is -0.276 e. The first-order valence-corrected chi connectivity index (χ1v) is 2.83. The Morgan fingerprint density at radius 1 is 1.67 bits per heavy atom. The van der Waals surface area contributed by atoms with Gasteiger partial charge in [0.15, 0.2) is 0 Å². The van der Waals surface area contributed by atoms with E-state index >= 15 is 0 Å². The molecule has 1 rings (SSSR count). The highest BCUT2D eigenvalue weighted by Crippen LogP contribution is 1.98. The number of rotatable bonds is 1. The molecule has 0 atom stereocenters. The summed E-state index contributed by atoms with van der Waals surface area (Å²) in [4.78, 5) is 14.1. The van der Waals surface area contributed by atoms with Gasteiger partial charge in [0, 0.05) is 12.4 Å². The van der Waals surface area contributed by atoms with E-state index in [9.17, 15) is 4.79 Å². The molecule has 0 aliphatic carbocycles. The molecule has 0 aliphatic rings. The molecule has 1 aromatic rings. The Morgan fingerprint density at radius 2 is 2.44 bits per heavy atom. The van der Waals surface area contributed by atoms with Crippen molar-refractivity contribution in [2.24, 2.45) is 0 Å². The van der Waals surface area contributed by atoms with Crippen molar-refractivity contribution in [3.8, 4) is 0 Å². The van der Waals surface area contributed by atoms with Crippen LogP contribution in [0.15, 0.2) is 24.5 Å². The highest BCUT2D eigenvalue weighted by atomic mass is 32.1. The van der Waals surface area contributed by atoms with Crippen molar-refractivity contribution < 1.29 is 4.79 Å². The van der Waals surface area contributed by atoms with Gasteiger partial charge in [-0.1, -0.05) is 0 Å². The lowest BCUT2D eigenvalue weighted by Gasteiger charge is -1.86. The first-order valence-electron chi connectivity index (χ1n) is 2.42. The molecule has 1 radical (unpaired) electrons. The molecule has 1 aromatic heterocycles. The zero-order chi connectivity index (χ0) is 6.69. The Kier molecular flexibility index (Phi) is 1.75. The van der Waals surface area contributed by atoms with E-state index in [2.05, 4.69) is 17.6 Å². The number of pyridine rings is 1. The van der Waals surface area contributed by atoms with Gasteiger partial charge in [0.2, 0.25) is 0 Å². The molecule has 0 N–H and O–H groups in total. The Morgan fingerprint density at radius 3 is 2.78 bits per heavy atom. The van der Waals surface area contributed by atoms with Crippen molar-refractivity contribution in [2.75, 3.05) is 0 Å². The van der Waals surface area contributed by atoms with Crippen molar-refractivity contribution in [2.45, 2.75) is 0 Å². The standard InChI is InChI=1S/C6H4NOS/c8-6(9)5-2-1-3-7-4-5/h1-4H. The topological polar surface area (TPSA) is 30.0 Å². The van der Waals surface area contributed by atoms with Gasteiger partial charge in [-0.15, -0.1) is 0 Å². The molecule has 0 amide bonds. The number of carbonyl (C=O) groups excluding carboxylic acids is 1. The molecule has 9 heavy (non-hydrogen) atoms. The van der Waals surface area contributed by atoms with E-state index in [0.29, 0.717) is 5.56 Å². The predicted molar refractivity (Wildman–Crippen MR) is 36.2 cm³/mol. The van der Waals surface area contributed by atoms with Crippen LogP contribution in [0.2, 0.25) is 0 Å². The molecule has 3 heteroatoms. The first kappa shape index (κ1) is 6.16. The van der Waals surface area contributed by atoms with Crippen LogP contribution in [0.1, 0.15) is 10.4 Å². The molecule has 2 nitrogen and oxygen atoms in total. The number of nitrogens with zero attached hydrogens (tertiary/aromatic N) is 1. The summed E-state index contributed by atoms with van der Waals surface area (Å²) in [7, 11) is 0. The number of aromatic nitrogens is 1. The fraction of sp³-hybridized carbons (Fsp3) is 0. The summed E-state index contributed by atoms with van der Waals surface area (Å²) >= 11 is 4.37. The van der Waals surface area contributed by atoms with Crippen LogP contribution in [0.4, 0.5) is 0 Å². The molecule has 0 aliphatic heterocycles. The van der Waals surface area contributed by atoms with Gasteiger partial charge in [0.1, 0.15) is 0 Å². The molecular formula is C6H4NOS. The van der Waals surface area contributed by atoms with E-state index in [-0.39, 0.29) is 5.12 Å². The molecular weight excluding hydrogens is 134 g/mol. The minimum absolute atomic E-state index is 0.358. The van der Waals surface area contributed by atoms with Crippen LogP contribution in [-0.4, -0.2) is 10.1 Å². The van der Waals surface area contributed by atoms with E-state index < -0.39 is 0 Å². The molecule has 0 saturated carbocycles. The average molecular weight is 138 g/mol. The Balaban J connectivity index is 2.98. The lowest BCUT2D eigenvalue weighted by Crippen LogP contribution is -1.87. The predicted octanol–water partition coefficient (Wildman–Crippen LogP) is 1.42. The van der Waals surface area contributed by atoms with Crippen molar-refractivity contribution in [1.82, 2.24) is 4.98 Å². The van der Waals surface area contributed by atoms with Crippen LogP contribution in [0, 0.1) is 0 Å². The summed E-state index contributed by atoms with van der Waals surface area (Å²) in [6.07, 6.45) is 3.05. The molecule has 0 aromatic carbocycles. The third kappa shape index (κ3) is 1.47. The molecule has 45 valence electrons. The average Bonchev–Trinajstić information content (AvgIpc) is 1.90. The maximum Gasteiger partial charge on any atom is 0.250 e. The normalized spacial score (nSPS) is 8.89. The zero-order valence-electron chi connectivity index (χ0n) is 4.57. The molecule has 0 fully saturated rings. The highest BCUT2D eigenvalue weighted by Gasteiger charge is 1.96. The zero-order valence-corrected chi connectivity index (χ0v) is 5.39. The molecule has 0 unspecified atom stereocenters. The lowest BCUT2D eigenvalue weighted by molar-refractivity contribution is 0.109. The van der Waals surface area contributed by atoms with E-state index in [4.69, 9.17) is 0 Å². The molecule has 0 bridgehead atoms. The van der Waals surface area contributed by atoms with Crippen LogP contribution in [0.3, 0.4) is 0 Å². The third-order valence-electron chi connectivity index (χ3n) is 0.897. The van der Waals surface area contributed by atoms with Crippen LogP contribution < -0.4 is 0 Å².